The van der Waals surface area contributed by atoms with E-state index in [1.165, 1.54) is 96.3 Å². The van der Waals surface area contributed by atoms with Crippen LogP contribution in [-0.2, 0) is 25.7 Å². The molecule has 0 aliphatic carbocycles. The molecule has 0 aromatic heterocycles. The van der Waals surface area contributed by atoms with E-state index in [0.717, 1.165) is 0 Å². The van der Waals surface area contributed by atoms with Crippen LogP contribution in [0.4, 0.5) is 0 Å². The van der Waals surface area contributed by atoms with Crippen LogP contribution in [0.15, 0.2) is 12.1 Å². The van der Waals surface area contributed by atoms with Crippen LogP contribution in [0.25, 0.3) is 0 Å². The SMILES string of the molecule is CCCCCCCCCCc1ccc(CCC)c(CCC)c1CCC. The van der Waals surface area contributed by atoms with Gasteiger partial charge >= 0.3 is 0 Å². The molecule has 1 aromatic carbocycles. The molecule has 1 rings (SSSR count). The second-order valence-electron chi connectivity index (χ2n) is 7.82. The molecule has 0 aliphatic heterocycles. The lowest BCUT2D eigenvalue weighted by atomic mass is 9.87. The molecule has 0 amide bonds. The minimum Gasteiger partial charge on any atom is -0.0654 e. The van der Waals surface area contributed by atoms with E-state index in [1.807, 2.05) is 0 Å². The van der Waals surface area contributed by atoms with E-state index in [4.69, 9.17) is 0 Å². The van der Waals surface area contributed by atoms with Crippen LogP contribution < -0.4 is 0 Å². The van der Waals surface area contributed by atoms with Gasteiger partial charge in [0.05, 0.1) is 0 Å². The predicted molar refractivity (Wildman–Crippen MR) is 115 cm³/mol. The number of benzene rings is 1. The Morgan fingerprint density at radius 3 is 1.36 bits per heavy atom. The van der Waals surface area contributed by atoms with Gasteiger partial charge < -0.3 is 0 Å². The van der Waals surface area contributed by atoms with E-state index >= 15 is 0 Å². The van der Waals surface area contributed by atoms with Crippen molar-refractivity contribution in [3.63, 3.8) is 0 Å². The van der Waals surface area contributed by atoms with Crippen molar-refractivity contribution in [3.05, 3.63) is 34.4 Å². The van der Waals surface area contributed by atoms with Crippen LogP contribution >= 0.6 is 0 Å². The molecular weight excluding hydrogens is 300 g/mol. The summed E-state index contributed by atoms with van der Waals surface area (Å²) in [5.74, 6) is 0. The molecule has 0 unspecified atom stereocenters. The molecule has 0 heterocycles. The molecule has 0 saturated carbocycles. The zero-order valence-electron chi connectivity index (χ0n) is 17.8. The normalized spacial score (nSPS) is 11.2. The highest BCUT2D eigenvalue weighted by Crippen LogP contribution is 2.26. The molecule has 0 fully saturated rings. The third-order valence-electron chi connectivity index (χ3n) is 5.44. The Hall–Kier alpha value is -0.780. The summed E-state index contributed by atoms with van der Waals surface area (Å²) in [4.78, 5) is 0. The number of unbranched alkanes of at least 4 members (excludes halogenated alkanes) is 7. The quantitative estimate of drug-likeness (QED) is 0.281. The summed E-state index contributed by atoms with van der Waals surface area (Å²) in [6.45, 7) is 9.27. The number of hydrogen-bond donors (Lipinski definition) is 0. The second-order valence-corrected chi connectivity index (χ2v) is 7.82. The van der Waals surface area contributed by atoms with Crippen molar-refractivity contribution in [1.29, 1.82) is 0 Å². The Labute approximate surface area is 158 Å². The Bertz CT molecular complexity index is 444. The average molecular weight is 345 g/mol. The van der Waals surface area contributed by atoms with Gasteiger partial charge in [-0.05, 0) is 54.4 Å². The van der Waals surface area contributed by atoms with Crippen LogP contribution in [-0.4, -0.2) is 0 Å². The fourth-order valence-electron chi connectivity index (χ4n) is 4.10. The molecule has 144 valence electrons. The maximum atomic E-state index is 2.47. The molecular formula is C25H44. The van der Waals surface area contributed by atoms with Gasteiger partial charge in [0.2, 0.25) is 0 Å². The van der Waals surface area contributed by atoms with Gasteiger partial charge in [-0.2, -0.15) is 0 Å². The molecule has 1 aromatic rings. The van der Waals surface area contributed by atoms with Crippen molar-refractivity contribution in [2.24, 2.45) is 0 Å². The minimum absolute atomic E-state index is 1.25. The highest BCUT2D eigenvalue weighted by Gasteiger charge is 2.12. The van der Waals surface area contributed by atoms with Crippen molar-refractivity contribution in [2.75, 3.05) is 0 Å². The molecule has 0 atom stereocenters. The molecule has 0 aliphatic rings. The highest BCUT2D eigenvalue weighted by atomic mass is 14.2. The number of rotatable bonds is 15. The fraction of sp³-hybridized carbons (Fsp3) is 0.760. The lowest BCUT2D eigenvalue weighted by Gasteiger charge is -2.19. The molecule has 0 N–H and O–H groups in total. The molecule has 0 nitrogen and oxygen atoms in total. The lowest BCUT2D eigenvalue weighted by Crippen LogP contribution is -2.05. The summed E-state index contributed by atoms with van der Waals surface area (Å²) in [6, 6.07) is 4.92. The third-order valence-corrected chi connectivity index (χ3v) is 5.44. The van der Waals surface area contributed by atoms with E-state index in [9.17, 15) is 0 Å². The average Bonchev–Trinajstić information content (AvgIpc) is 2.61. The van der Waals surface area contributed by atoms with Crippen LogP contribution in [0.3, 0.4) is 0 Å². The van der Waals surface area contributed by atoms with Crippen LogP contribution in [0.2, 0.25) is 0 Å². The van der Waals surface area contributed by atoms with E-state index < -0.39 is 0 Å². The number of hydrogen-bond acceptors (Lipinski definition) is 0. The summed E-state index contributed by atoms with van der Waals surface area (Å²) >= 11 is 0. The third kappa shape index (κ3) is 8.43. The van der Waals surface area contributed by atoms with Crippen molar-refractivity contribution in [3.8, 4) is 0 Å². The van der Waals surface area contributed by atoms with E-state index in [-0.39, 0.29) is 0 Å². The maximum absolute atomic E-state index is 2.47. The Morgan fingerprint density at radius 1 is 0.440 bits per heavy atom. The summed E-state index contributed by atoms with van der Waals surface area (Å²) in [5.41, 5.74) is 6.73. The highest BCUT2D eigenvalue weighted by molar-refractivity contribution is 5.42. The minimum atomic E-state index is 1.25. The lowest BCUT2D eigenvalue weighted by molar-refractivity contribution is 0.574. The van der Waals surface area contributed by atoms with E-state index in [2.05, 4.69) is 39.8 Å². The van der Waals surface area contributed by atoms with E-state index in [0.29, 0.717) is 0 Å². The summed E-state index contributed by atoms with van der Waals surface area (Å²) in [7, 11) is 0. The van der Waals surface area contributed by atoms with Crippen LogP contribution in [0.5, 0.6) is 0 Å². The topological polar surface area (TPSA) is 0 Å². The zero-order valence-corrected chi connectivity index (χ0v) is 17.8. The zero-order chi connectivity index (χ0) is 18.3. The first kappa shape index (κ1) is 22.3. The van der Waals surface area contributed by atoms with Crippen LogP contribution in [0.1, 0.15) is 121 Å². The Kier molecular flexibility index (Phi) is 12.8. The smallest absolute Gasteiger partial charge is 0.0276 e. The van der Waals surface area contributed by atoms with Crippen molar-refractivity contribution in [1.82, 2.24) is 0 Å². The number of aryl methyl sites for hydroxylation is 2. The summed E-state index contributed by atoms with van der Waals surface area (Å²) in [6.07, 6.45) is 20.2. The largest absolute Gasteiger partial charge is 0.0654 e. The first-order valence-corrected chi connectivity index (χ1v) is 11.4. The second kappa shape index (κ2) is 14.4. The maximum Gasteiger partial charge on any atom is -0.0276 e. The van der Waals surface area contributed by atoms with Crippen molar-refractivity contribution < 1.29 is 0 Å². The molecule has 0 spiro atoms. The van der Waals surface area contributed by atoms with Gasteiger partial charge in [-0.15, -0.1) is 0 Å². The molecule has 0 saturated heterocycles. The summed E-state index contributed by atoms with van der Waals surface area (Å²) in [5, 5.41) is 0. The molecule has 0 radical (unpaired) electrons. The van der Waals surface area contributed by atoms with Gasteiger partial charge in [0, 0.05) is 0 Å². The fourth-order valence-corrected chi connectivity index (χ4v) is 4.10. The Balaban J connectivity index is 2.60. The van der Waals surface area contributed by atoms with Crippen molar-refractivity contribution >= 4 is 0 Å². The first-order chi connectivity index (χ1) is 12.3. The van der Waals surface area contributed by atoms with Gasteiger partial charge in [0.1, 0.15) is 0 Å². The molecule has 0 heteroatoms. The van der Waals surface area contributed by atoms with E-state index in [1.54, 1.807) is 22.3 Å². The van der Waals surface area contributed by atoms with Gasteiger partial charge in [-0.1, -0.05) is 104 Å². The molecule has 25 heavy (non-hydrogen) atoms. The van der Waals surface area contributed by atoms with Crippen LogP contribution in [0, 0.1) is 0 Å². The van der Waals surface area contributed by atoms with Gasteiger partial charge in [0.15, 0.2) is 0 Å². The van der Waals surface area contributed by atoms with Gasteiger partial charge in [-0.3, -0.25) is 0 Å². The van der Waals surface area contributed by atoms with Gasteiger partial charge in [-0.25, -0.2) is 0 Å². The monoisotopic (exact) mass is 344 g/mol. The predicted octanol–water partition coefficient (Wildman–Crippen LogP) is 8.23. The Morgan fingerprint density at radius 2 is 0.880 bits per heavy atom. The van der Waals surface area contributed by atoms with Gasteiger partial charge in [0.25, 0.3) is 0 Å². The molecule has 0 bridgehead atoms. The first-order valence-electron chi connectivity index (χ1n) is 11.4. The standard InChI is InChI=1S/C25H44/c1-5-9-10-11-12-13-14-15-19-23-21-20-22(16-6-2)24(17-7-3)25(23)18-8-4/h20-21H,5-19H2,1-4H3. The summed E-state index contributed by atoms with van der Waals surface area (Å²) < 4.78 is 0. The van der Waals surface area contributed by atoms with Crippen molar-refractivity contribution in [2.45, 2.75) is 124 Å².